The van der Waals surface area contributed by atoms with Crippen LogP contribution in [0.5, 0.6) is 0 Å². The van der Waals surface area contributed by atoms with Gasteiger partial charge in [0.05, 0.1) is 19.2 Å². The highest BCUT2D eigenvalue weighted by molar-refractivity contribution is 5.91. The predicted molar refractivity (Wildman–Crippen MR) is 79.6 cm³/mol. The number of nitrogens with two attached hydrogens (primary N) is 1. The summed E-state index contributed by atoms with van der Waals surface area (Å²) in [6.45, 7) is 0.763. The van der Waals surface area contributed by atoms with Gasteiger partial charge in [-0.3, -0.25) is 9.69 Å². The van der Waals surface area contributed by atoms with Gasteiger partial charge in [0.15, 0.2) is 0 Å². The standard InChI is InChI=1S/C16H22N2O3/c1-21-16(20)14-9-5-2-6-12(14)10-18(11-15(17)19)13-7-3-4-8-13/h2,5-6,9,13H,3-4,7-8,10-11H2,1H3,(H2,17,19). The average molecular weight is 290 g/mol. The van der Waals surface area contributed by atoms with Crippen molar-refractivity contribution in [3.05, 3.63) is 35.4 Å². The summed E-state index contributed by atoms with van der Waals surface area (Å²) in [4.78, 5) is 25.2. The quantitative estimate of drug-likeness (QED) is 0.809. The molecule has 0 atom stereocenters. The van der Waals surface area contributed by atoms with Gasteiger partial charge in [-0.05, 0) is 24.5 Å². The van der Waals surface area contributed by atoms with Gasteiger partial charge in [-0.1, -0.05) is 31.0 Å². The third kappa shape index (κ3) is 4.04. The van der Waals surface area contributed by atoms with Crippen LogP contribution in [0.4, 0.5) is 0 Å². The Morgan fingerprint density at radius 1 is 1.29 bits per heavy atom. The van der Waals surface area contributed by atoms with Crippen LogP contribution >= 0.6 is 0 Å². The molecule has 0 aromatic heterocycles. The number of hydrogen-bond acceptors (Lipinski definition) is 4. The molecule has 1 aliphatic rings. The number of hydrogen-bond donors (Lipinski definition) is 1. The van der Waals surface area contributed by atoms with Crippen molar-refractivity contribution in [2.24, 2.45) is 5.73 Å². The zero-order valence-corrected chi connectivity index (χ0v) is 12.4. The molecule has 1 fully saturated rings. The van der Waals surface area contributed by atoms with E-state index in [9.17, 15) is 9.59 Å². The Kier molecular flexibility index (Phi) is 5.33. The Bertz CT molecular complexity index is 510. The van der Waals surface area contributed by atoms with Crippen molar-refractivity contribution in [3.8, 4) is 0 Å². The molecule has 1 aromatic rings. The molecule has 5 heteroatoms. The van der Waals surface area contributed by atoms with Crippen molar-refractivity contribution in [1.82, 2.24) is 4.90 Å². The first-order valence-electron chi connectivity index (χ1n) is 7.30. The van der Waals surface area contributed by atoms with E-state index in [1.54, 1.807) is 6.07 Å². The molecular weight excluding hydrogens is 268 g/mol. The SMILES string of the molecule is COC(=O)c1ccccc1CN(CC(N)=O)C1CCCC1. The average Bonchev–Trinajstić information content (AvgIpc) is 3.00. The van der Waals surface area contributed by atoms with E-state index in [4.69, 9.17) is 10.5 Å². The van der Waals surface area contributed by atoms with Gasteiger partial charge in [-0.2, -0.15) is 0 Å². The Balaban J connectivity index is 2.19. The van der Waals surface area contributed by atoms with E-state index in [2.05, 4.69) is 4.90 Å². The van der Waals surface area contributed by atoms with Gasteiger partial charge >= 0.3 is 5.97 Å². The molecule has 114 valence electrons. The smallest absolute Gasteiger partial charge is 0.338 e. The lowest BCUT2D eigenvalue weighted by Crippen LogP contribution is -2.39. The number of carbonyl (C=O) groups is 2. The molecule has 0 spiro atoms. The Labute approximate surface area is 125 Å². The van der Waals surface area contributed by atoms with Crippen LogP contribution in [0.1, 0.15) is 41.6 Å². The molecule has 2 N–H and O–H groups in total. The number of ether oxygens (including phenoxy) is 1. The van der Waals surface area contributed by atoms with Crippen LogP contribution < -0.4 is 5.73 Å². The van der Waals surface area contributed by atoms with Crippen molar-refractivity contribution in [2.75, 3.05) is 13.7 Å². The largest absolute Gasteiger partial charge is 0.465 e. The summed E-state index contributed by atoms with van der Waals surface area (Å²) in [5, 5.41) is 0. The molecule has 2 rings (SSSR count). The fraction of sp³-hybridized carbons (Fsp3) is 0.500. The summed E-state index contributed by atoms with van der Waals surface area (Å²) in [5.41, 5.74) is 6.79. The fourth-order valence-electron chi connectivity index (χ4n) is 2.97. The highest BCUT2D eigenvalue weighted by Gasteiger charge is 2.25. The van der Waals surface area contributed by atoms with Gasteiger partial charge in [0.2, 0.25) is 5.91 Å². The van der Waals surface area contributed by atoms with Gasteiger partial charge in [0.1, 0.15) is 0 Å². The lowest BCUT2D eigenvalue weighted by molar-refractivity contribution is -0.119. The minimum Gasteiger partial charge on any atom is -0.465 e. The van der Waals surface area contributed by atoms with Crippen LogP contribution in [0.25, 0.3) is 0 Å². The van der Waals surface area contributed by atoms with Crippen LogP contribution in [0.15, 0.2) is 24.3 Å². The minimum atomic E-state index is -0.351. The first-order chi connectivity index (χ1) is 10.1. The maximum absolute atomic E-state index is 11.8. The zero-order chi connectivity index (χ0) is 15.2. The van der Waals surface area contributed by atoms with Crippen molar-refractivity contribution >= 4 is 11.9 Å². The topological polar surface area (TPSA) is 72.6 Å². The van der Waals surface area contributed by atoms with Crippen molar-refractivity contribution in [2.45, 2.75) is 38.3 Å². The summed E-state index contributed by atoms with van der Waals surface area (Å²) in [7, 11) is 1.37. The van der Waals surface area contributed by atoms with E-state index in [1.807, 2.05) is 18.2 Å². The number of amides is 1. The van der Waals surface area contributed by atoms with Crippen molar-refractivity contribution < 1.29 is 14.3 Å². The second-order valence-electron chi connectivity index (χ2n) is 5.46. The lowest BCUT2D eigenvalue weighted by Gasteiger charge is -2.28. The molecule has 21 heavy (non-hydrogen) atoms. The zero-order valence-electron chi connectivity index (χ0n) is 12.4. The Hall–Kier alpha value is -1.88. The number of methoxy groups -OCH3 is 1. The van der Waals surface area contributed by atoms with E-state index in [-0.39, 0.29) is 18.4 Å². The molecule has 0 bridgehead atoms. The second-order valence-corrected chi connectivity index (χ2v) is 5.46. The third-order valence-electron chi connectivity index (χ3n) is 4.00. The van der Waals surface area contributed by atoms with Crippen molar-refractivity contribution in [3.63, 3.8) is 0 Å². The van der Waals surface area contributed by atoms with Crippen LogP contribution in [0.2, 0.25) is 0 Å². The summed E-state index contributed by atoms with van der Waals surface area (Å²) >= 11 is 0. The summed E-state index contributed by atoms with van der Waals surface area (Å²) in [5.74, 6) is -0.687. The predicted octanol–water partition coefficient (Wildman–Crippen LogP) is 1.70. The van der Waals surface area contributed by atoms with Crippen LogP contribution in [0.3, 0.4) is 0 Å². The number of rotatable bonds is 6. The number of carbonyl (C=O) groups excluding carboxylic acids is 2. The summed E-state index contributed by atoms with van der Waals surface area (Å²) < 4.78 is 4.82. The highest BCUT2D eigenvalue weighted by Crippen LogP contribution is 2.25. The molecule has 0 saturated heterocycles. The van der Waals surface area contributed by atoms with Crippen molar-refractivity contribution in [1.29, 1.82) is 0 Å². The molecule has 5 nitrogen and oxygen atoms in total. The highest BCUT2D eigenvalue weighted by atomic mass is 16.5. The minimum absolute atomic E-state index is 0.222. The van der Waals surface area contributed by atoms with Gasteiger partial charge in [-0.15, -0.1) is 0 Å². The van der Waals surface area contributed by atoms with E-state index >= 15 is 0 Å². The van der Waals surface area contributed by atoms with Crippen LogP contribution in [-0.2, 0) is 16.1 Å². The summed E-state index contributed by atoms with van der Waals surface area (Å²) in [6.07, 6.45) is 4.51. The second kappa shape index (κ2) is 7.22. The monoisotopic (exact) mass is 290 g/mol. The first-order valence-corrected chi connectivity index (χ1v) is 7.30. The molecule has 0 aliphatic heterocycles. The number of esters is 1. The van der Waals surface area contributed by atoms with Crippen LogP contribution in [-0.4, -0.2) is 36.5 Å². The maximum Gasteiger partial charge on any atom is 0.338 e. The maximum atomic E-state index is 11.8. The van der Waals surface area contributed by atoms with E-state index in [1.165, 1.54) is 20.0 Å². The molecule has 0 unspecified atom stereocenters. The fourth-order valence-corrected chi connectivity index (χ4v) is 2.97. The van der Waals surface area contributed by atoms with E-state index < -0.39 is 0 Å². The third-order valence-corrected chi connectivity index (χ3v) is 4.00. The van der Waals surface area contributed by atoms with Gasteiger partial charge in [-0.25, -0.2) is 4.79 Å². The van der Waals surface area contributed by atoms with E-state index in [0.29, 0.717) is 18.2 Å². The number of primary amides is 1. The van der Waals surface area contributed by atoms with Gasteiger partial charge < -0.3 is 10.5 Å². The van der Waals surface area contributed by atoms with E-state index in [0.717, 1.165) is 18.4 Å². The molecule has 1 amide bonds. The van der Waals surface area contributed by atoms with Gasteiger partial charge in [0, 0.05) is 12.6 Å². The first kappa shape index (κ1) is 15.5. The van der Waals surface area contributed by atoms with Gasteiger partial charge in [0.25, 0.3) is 0 Å². The summed E-state index contributed by atoms with van der Waals surface area (Å²) in [6, 6.07) is 7.71. The lowest BCUT2D eigenvalue weighted by atomic mass is 10.1. The molecule has 0 radical (unpaired) electrons. The number of nitrogens with zero attached hydrogens (tertiary/aromatic N) is 1. The molecule has 1 aliphatic carbocycles. The van der Waals surface area contributed by atoms with Crippen LogP contribution in [0, 0.1) is 0 Å². The molecule has 0 heterocycles. The normalized spacial score (nSPS) is 15.3. The number of benzene rings is 1. The Morgan fingerprint density at radius 3 is 2.57 bits per heavy atom. The molecular formula is C16H22N2O3. The Morgan fingerprint density at radius 2 is 1.95 bits per heavy atom. The molecule has 1 saturated carbocycles. The molecule has 1 aromatic carbocycles.